The van der Waals surface area contributed by atoms with Crippen LogP contribution < -0.4 is 21.3 Å². The van der Waals surface area contributed by atoms with E-state index in [0.717, 1.165) is 46.3 Å². The van der Waals surface area contributed by atoms with Crippen LogP contribution in [0, 0.1) is 11.8 Å². The zero-order chi connectivity index (χ0) is 16.4. The molecule has 8 atom stereocenters. The van der Waals surface area contributed by atoms with E-state index in [0.29, 0.717) is 0 Å². The smallest absolute Gasteiger partial charge is 0.101 e. The summed E-state index contributed by atoms with van der Waals surface area (Å²) in [6, 6.07) is 1.70. The molecule has 0 radical (unpaired) electrons. The first-order chi connectivity index (χ1) is 12.4. The SMILES string of the molecule is C1CNC2C(C1)C1NCCCC1[Si]21C2CCCNC2C2CCCNC21. The van der Waals surface area contributed by atoms with Gasteiger partial charge in [0.05, 0.1) is 0 Å². The molecule has 6 saturated heterocycles. The Kier molecular flexibility index (Phi) is 3.87. The van der Waals surface area contributed by atoms with Crippen molar-refractivity contribution in [2.75, 3.05) is 26.2 Å². The average Bonchev–Trinajstić information content (AvgIpc) is 3.16. The van der Waals surface area contributed by atoms with Gasteiger partial charge in [0, 0.05) is 23.4 Å². The minimum atomic E-state index is -1.47. The summed E-state index contributed by atoms with van der Waals surface area (Å²) in [6.07, 6.45) is 11.7. The highest BCUT2D eigenvalue weighted by atomic mass is 28.3. The van der Waals surface area contributed by atoms with Gasteiger partial charge in [-0.15, -0.1) is 0 Å². The van der Waals surface area contributed by atoms with E-state index in [2.05, 4.69) is 21.3 Å². The first-order valence-corrected chi connectivity index (χ1v) is 13.7. The third kappa shape index (κ3) is 2.02. The molecule has 0 amide bonds. The molecule has 4 N–H and O–H groups in total. The van der Waals surface area contributed by atoms with E-state index in [-0.39, 0.29) is 0 Å². The Balaban J connectivity index is 1.50. The maximum Gasteiger partial charge on any atom is 0.101 e. The molecule has 8 unspecified atom stereocenters. The summed E-state index contributed by atoms with van der Waals surface area (Å²) in [5.74, 6) is 1.88. The molecule has 140 valence electrons. The fourth-order valence-corrected chi connectivity index (χ4v) is 18.3. The third-order valence-electron chi connectivity index (χ3n) is 9.31. The van der Waals surface area contributed by atoms with Crippen LogP contribution in [0.5, 0.6) is 0 Å². The number of hydrogen-bond donors (Lipinski definition) is 4. The van der Waals surface area contributed by atoms with Crippen molar-refractivity contribution in [3.05, 3.63) is 0 Å². The van der Waals surface area contributed by atoms with Crippen molar-refractivity contribution < 1.29 is 0 Å². The maximum absolute atomic E-state index is 4.19. The molecule has 1 spiro atoms. The molecule has 0 aliphatic carbocycles. The number of piperidine rings is 4. The lowest BCUT2D eigenvalue weighted by Gasteiger charge is -2.49. The molecule has 25 heavy (non-hydrogen) atoms. The van der Waals surface area contributed by atoms with E-state index in [9.17, 15) is 0 Å². The number of hydrogen-bond acceptors (Lipinski definition) is 4. The molecule has 6 aliphatic rings. The minimum Gasteiger partial charge on any atom is -0.316 e. The van der Waals surface area contributed by atoms with Crippen molar-refractivity contribution in [1.29, 1.82) is 0 Å². The van der Waals surface area contributed by atoms with Crippen LogP contribution in [-0.2, 0) is 0 Å². The largest absolute Gasteiger partial charge is 0.316 e. The summed E-state index contributed by atoms with van der Waals surface area (Å²) < 4.78 is 0. The van der Waals surface area contributed by atoms with Crippen LogP contribution in [0.4, 0.5) is 0 Å². The monoisotopic (exact) mass is 360 g/mol. The molecule has 0 aromatic carbocycles. The zero-order valence-corrected chi connectivity index (χ0v) is 16.6. The molecule has 6 aliphatic heterocycles. The quantitative estimate of drug-likeness (QED) is 0.495. The Morgan fingerprint density at radius 2 is 0.960 bits per heavy atom. The molecule has 0 aromatic heterocycles. The summed E-state index contributed by atoms with van der Waals surface area (Å²) in [4.78, 5) is 0. The van der Waals surface area contributed by atoms with Gasteiger partial charge in [-0.25, -0.2) is 0 Å². The van der Waals surface area contributed by atoms with Crippen LogP contribution in [0.15, 0.2) is 0 Å². The first-order valence-electron chi connectivity index (χ1n) is 11.4. The van der Waals surface area contributed by atoms with Gasteiger partial charge < -0.3 is 21.3 Å². The number of rotatable bonds is 0. The van der Waals surface area contributed by atoms with Crippen LogP contribution in [-0.4, -0.2) is 57.7 Å². The second-order valence-corrected chi connectivity index (χ2v) is 14.7. The lowest BCUT2D eigenvalue weighted by Crippen LogP contribution is -2.69. The van der Waals surface area contributed by atoms with Gasteiger partial charge in [-0.2, -0.15) is 0 Å². The lowest BCUT2D eigenvalue weighted by atomic mass is 9.87. The van der Waals surface area contributed by atoms with E-state index in [1.54, 1.807) is 0 Å². The highest BCUT2D eigenvalue weighted by Crippen LogP contribution is 2.63. The molecule has 6 heterocycles. The first kappa shape index (κ1) is 16.1. The van der Waals surface area contributed by atoms with Crippen molar-refractivity contribution in [3.8, 4) is 0 Å². The van der Waals surface area contributed by atoms with Crippen LogP contribution in [0.25, 0.3) is 0 Å². The van der Waals surface area contributed by atoms with Gasteiger partial charge in [-0.3, -0.25) is 0 Å². The van der Waals surface area contributed by atoms with Crippen molar-refractivity contribution in [2.24, 2.45) is 11.8 Å². The molecule has 6 rings (SSSR count). The Hall–Kier alpha value is 0.0569. The highest BCUT2D eigenvalue weighted by molar-refractivity contribution is 6.87. The summed E-state index contributed by atoms with van der Waals surface area (Å²) in [5, 5.41) is 16.5. The van der Waals surface area contributed by atoms with Gasteiger partial charge in [0.1, 0.15) is 8.07 Å². The van der Waals surface area contributed by atoms with E-state index < -0.39 is 8.07 Å². The average molecular weight is 361 g/mol. The third-order valence-corrected chi connectivity index (χ3v) is 16.6. The Morgan fingerprint density at radius 1 is 0.520 bits per heavy atom. The molecule has 0 bridgehead atoms. The summed E-state index contributed by atoms with van der Waals surface area (Å²) in [5.41, 5.74) is 3.87. The standard InChI is InChI=1S/C20H36N4Si/c1-5-13-17-15(7-3-9-21-17)25(19(13)23-11-1)16-8-4-10-22-18(16)14-6-2-12-24-20(14)25/h13-24H,1-12H2. The molecule has 5 heteroatoms. The van der Waals surface area contributed by atoms with E-state index in [1.807, 2.05) is 0 Å². The number of nitrogens with one attached hydrogen (secondary N) is 4. The highest BCUT2D eigenvalue weighted by Gasteiger charge is 2.73. The Morgan fingerprint density at radius 3 is 1.48 bits per heavy atom. The Bertz CT molecular complexity index is 434. The van der Waals surface area contributed by atoms with Crippen molar-refractivity contribution in [1.82, 2.24) is 21.3 Å². The van der Waals surface area contributed by atoms with Gasteiger partial charge in [0.25, 0.3) is 0 Å². The summed E-state index contributed by atoms with van der Waals surface area (Å²) in [7, 11) is -1.47. The molecule has 0 aromatic rings. The zero-order valence-electron chi connectivity index (χ0n) is 15.6. The second kappa shape index (κ2) is 6.03. The van der Waals surface area contributed by atoms with E-state index in [4.69, 9.17) is 0 Å². The predicted molar refractivity (Wildman–Crippen MR) is 104 cm³/mol. The van der Waals surface area contributed by atoms with Gasteiger partial charge in [-0.1, -0.05) is 12.8 Å². The van der Waals surface area contributed by atoms with E-state index >= 15 is 0 Å². The van der Waals surface area contributed by atoms with Gasteiger partial charge in [0.2, 0.25) is 0 Å². The predicted octanol–water partition coefficient (Wildman–Crippen LogP) is 1.52. The van der Waals surface area contributed by atoms with Crippen LogP contribution in [0.2, 0.25) is 11.1 Å². The van der Waals surface area contributed by atoms with Gasteiger partial charge >= 0.3 is 0 Å². The van der Waals surface area contributed by atoms with Crippen molar-refractivity contribution in [2.45, 2.75) is 85.9 Å². The fourth-order valence-electron chi connectivity index (χ4n) is 8.93. The van der Waals surface area contributed by atoms with Crippen LogP contribution in [0.3, 0.4) is 0 Å². The maximum atomic E-state index is 4.19. The topological polar surface area (TPSA) is 48.1 Å². The van der Waals surface area contributed by atoms with Crippen molar-refractivity contribution in [3.63, 3.8) is 0 Å². The minimum absolute atomic E-state index is 0.850. The number of fused-ring (bicyclic) bond motifs is 10. The summed E-state index contributed by atoms with van der Waals surface area (Å²) in [6.45, 7) is 5.14. The molecule has 0 saturated carbocycles. The van der Waals surface area contributed by atoms with Crippen LogP contribution >= 0.6 is 0 Å². The summed E-state index contributed by atoms with van der Waals surface area (Å²) >= 11 is 0. The normalized spacial score (nSPS) is 57.6. The molecule has 6 fully saturated rings. The van der Waals surface area contributed by atoms with Crippen molar-refractivity contribution >= 4 is 8.07 Å². The molecular formula is C20H36N4Si. The molecular weight excluding hydrogens is 324 g/mol. The van der Waals surface area contributed by atoms with E-state index in [1.165, 1.54) is 77.5 Å². The fraction of sp³-hybridized carbons (Fsp3) is 1.00. The lowest BCUT2D eigenvalue weighted by molar-refractivity contribution is 0.258. The molecule has 4 nitrogen and oxygen atoms in total. The second-order valence-electron chi connectivity index (χ2n) is 9.93. The van der Waals surface area contributed by atoms with Gasteiger partial charge in [0.15, 0.2) is 0 Å². The van der Waals surface area contributed by atoms with Gasteiger partial charge in [-0.05, 0) is 87.6 Å². The van der Waals surface area contributed by atoms with Crippen LogP contribution in [0.1, 0.15) is 51.4 Å². The Labute approximate surface area is 153 Å².